The number of aryl methyl sites for hydroxylation is 1. The molecule has 20 heavy (non-hydrogen) atoms. The molecular weight excluding hydrogens is 253 g/mol. The molecule has 0 radical (unpaired) electrons. The molecule has 0 aliphatic rings. The maximum atomic E-state index is 12.9. The molecular formula is C17H18FNO. The van der Waals surface area contributed by atoms with Crippen LogP contribution in [0.1, 0.15) is 41.4 Å². The second kappa shape index (κ2) is 6.33. The molecule has 0 bridgehead atoms. The number of nitrogens with one attached hydrogen (secondary N) is 1. The largest absolute Gasteiger partial charge is 0.346 e. The van der Waals surface area contributed by atoms with Gasteiger partial charge in [-0.1, -0.05) is 31.2 Å². The lowest BCUT2D eigenvalue weighted by Gasteiger charge is -2.14. The Hall–Kier alpha value is -2.16. The smallest absolute Gasteiger partial charge is 0.251 e. The molecule has 2 nitrogen and oxygen atoms in total. The van der Waals surface area contributed by atoms with Crippen LogP contribution in [0.2, 0.25) is 0 Å². The molecule has 0 aliphatic carbocycles. The third-order valence-corrected chi connectivity index (χ3v) is 3.34. The lowest BCUT2D eigenvalue weighted by Crippen LogP contribution is -2.26. The second-order valence-corrected chi connectivity index (χ2v) is 4.80. The fourth-order valence-electron chi connectivity index (χ4n) is 2.01. The molecule has 0 aliphatic heterocycles. The highest BCUT2D eigenvalue weighted by Gasteiger charge is 2.11. The van der Waals surface area contributed by atoms with E-state index in [0.29, 0.717) is 5.56 Å². The van der Waals surface area contributed by atoms with Gasteiger partial charge in [-0.25, -0.2) is 4.39 Å². The highest BCUT2D eigenvalue weighted by atomic mass is 19.1. The number of carbonyl (C=O) groups excluding carboxylic acids is 1. The lowest BCUT2D eigenvalue weighted by atomic mass is 10.1. The monoisotopic (exact) mass is 271 g/mol. The van der Waals surface area contributed by atoms with Crippen molar-refractivity contribution in [1.29, 1.82) is 0 Å². The topological polar surface area (TPSA) is 29.1 Å². The normalized spacial score (nSPS) is 11.9. The molecule has 1 N–H and O–H groups in total. The molecule has 104 valence electrons. The van der Waals surface area contributed by atoms with Crippen molar-refractivity contribution in [2.24, 2.45) is 0 Å². The van der Waals surface area contributed by atoms with Crippen LogP contribution in [-0.4, -0.2) is 5.91 Å². The first-order valence-corrected chi connectivity index (χ1v) is 6.75. The summed E-state index contributed by atoms with van der Waals surface area (Å²) in [4.78, 5) is 12.1. The molecule has 2 aromatic rings. The van der Waals surface area contributed by atoms with E-state index in [0.717, 1.165) is 12.0 Å². The summed E-state index contributed by atoms with van der Waals surface area (Å²) in [6.07, 6.45) is 0.952. The number of rotatable bonds is 4. The van der Waals surface area contributed by atoms with Crippen LogP contribution in [0.5, 0.6) is 0 Å². The molecule has 2 rings (SSSR count). The number of amides is 1. The number of hydrogen-bond donors (Lipinski definition) is 1. The van der Waals surface area contributed by atoms with Gasteiger partial charge in [-0.2, -0.15) is 0 Å². The van der Waals surface area contributed by atoms with Crippen molar-refractivity contribution >= 4 is 5.91 Å². The van der Waals surface area contributed by atoms with Crippen LogP contribution in [-0.2, 0) is 6.42 Å². The summed E-state index contributed by atoms with van der Waals surface area (Å²) in [6.45, 7) is 3.96. The van der Waals surface area contributed by atoms with Crippen molar-refractivity contribution in [1.82, 2.24) is 5.32 Å². The SMILES string of the molecule is CCc1ccc(C(=O)N[C@H](C)c2ccc(F)cc2)cc1. The van der Waals surface area contributed by atoms with Gasteiger partial charge in [-0.05, 0) is 48.7 Å². The highest BCUT2D eigenvalue weighted by molar-refractivity contribution is 5.94. The Morgan fingerprint density at radius 3 is 2.25 bits per heavy atom. The van der Waals surface area contributed by atoms with Gasteiger partial charge in [0.15, 0.2) is 0 Å². The predicted molar refractivity (Wildman–Crippen MR) is 78.1 cm³/mol. The highest BCUT2D eigenvalue weighted by Crippen LogP contribution is 2.14. The molecule has 1 atom stereocenters. The molecule has 3 heteroatoms. The van der Waals surface area contributed by atoms with Crippen LogP contribution < -0.4 is 5.32 Å². The Morgan fingerprint density at radius 1 is 1.10 bits per heavy atom. The standard InChI is InChI=1S/C17H18FNO/c1-3-13-4-6-15(7-5-13)17(20)19-12(2)14-8-10-16(18)11-9-14/h4-12H,3H2,1-2H3,(H,19,20)/t12-/m1/s1. The minimum absolute atomic E-state index is 0.121. The Morgan fingerprint density at radius 2 is 1.70 bits per heavy atom. The molecule has 0 heterocycles. The van der Waals surface area contributed by atoms with Crippen LogP contribution in [0.15, 0.2) is 48.5 Å². The first-order chi connectivity index (χ1) is 9.60. The minimum atomic E-state index is -0.276. The van der Waals surface area contributed by atoms with Gasteiger partial charge in [0, 0.05) is 5.56 Å². The zero-order valence-electron chi connectivity index (χ0n) is 11.7. The number of carbonyl (C=O) groups is 1. The Balaban J connectivity index is 2.04. The number of benzene rings is 2. The third kappa shape index (κ3) is 3.44. The van der Waals surface area contributed by atoms with Crippen molar-refractivity contribution in [3.05, 3.63) is 71.0 Å². The molecule has 1 amide bonds. The summed E-state index contributed by atoms with van der Waals surface area (Å²) in [6, 6.07) is 13.6. The van der Waals surface area contributed by atoms with Gasteiger partial charge in [-0.15, -0.1) is 0 Å². The second-order valence-electron chi connectivity index (χ2n) is 4.80. The van der Waals surface area contributed by atoms with E-state index in [1.165, 1.54) is 17.7 Å². The first-order valence-electron chi connectivity index (χ1n) is 6.75. The van der Waals surface area contributed by atoms with Gasteiger partial charge in [0.1, 0.15) is 5.82 Å². The first kappa shape index (κ1) is 14.3. The van der Waals surface area contributed by atoms with E-state index in [2.05, 4.69) is 12.2 Å². The van der Waals surface area contributed by atoms with Crippen LogP contribution in [0.4, 0.5) is 4.39 Å². The summed E-state index contributed by atoms with van der Waals surface area (Å²) in [5.41, 5.74) is 2.72. The van der Waals surface area contributed by atoms with Crippen molar-refractivity contribution in [3.63, 3.8) is 0 Å². The average Bonchev–Trinajstić information content (AvgIpc) is 2.48. The number of halogens is 1. The fraction of sp³-hybridized carbons (Fsp3) is 0.235. The molecule has 0 fully saturated rings. The summed E-state index contributed by atoms with van der Waals surface area (Å²) < 4.78 is 12.9. The van der Waals surface area contributed by atoms with Crippen molar-refractivity contribution in [3.8, 4) is 0 Å². The Labute approximate surface area is 118 Å². The third-order valence-electron chi connectivity index (χ3n) is 3.34. The fourth-order valence-corrected chi connectivity index (χ4v) is 2.01. The van der Waals surface area contributed by atoms with Gasteiger partial charge in [0.2, 0.25) is 0 Å². The zero-order valence-corrected chi connectivity index (χ0v) is 11.7. The molecule has 0 aromatic heterocycles. The van der Waals surface area contributed by atoms with E-state index in [1.54, 1.807) is 12.1 Å². The van der Waals surface area contributed by atoms with E-state index in [1.807, 2.05) is 31.2 Å². The summed E-state index contributed by atoms with van der Waals surface area (Å²) in [5.74, 6) is -0.396. The van der Waals surface area contributed by atoms with Crippen LogP contribution in [0.25, 0.3) is 0 Å². The van der Waals surface area contributed by atoms with E-state index in [4.69, 9.17) is 0 Å². The van der Waals surface area contributed by atoms with Crippen LogP contribution in [0.3, 0.4) is 0 Å². The van der Waals surface area contributed by atoms with Crippen LogP contribution in [0, 0.1) is 5.82 Å². The summed E-state index contributed by atoms with van der Waals surface area (Å²) in [7, 11) is 0. The van der Waals surface area contributed by atoms with E-state index in [9.17, 15) is 9.18 Å². The average molecular weight is 271 g/mol. The number of hydrogen-bond acceptors (Lipinski definition) is 1. The molecule has 0 saturated carbocycles. The zero-order chi connectivity index (χ0) is 14.5. The maximum absolute atomic E-state index is 12.9. The quantitative estimate of drug-likeness (QED) is 0.898. The van der Waals surface area contributed by atoms with E-state index >= 15 is 0 Å². The van der Waals surface area contributed by atoms with Crippen LogP contribution >= 0.6 is 0 Å². The van der Waals surface area contributed by atoms with Crippen molar-refractivity contribution in [2.45, 2.75) is 26.3 Å². The molecule has 0 spiro atoms. The Bertz CT molecular complexity index is 575. The van der Waals surface area contributed by atoms with Crippen molar-refractivity contribution < 1.29 is 9.18 Å². The van der Waals surface area contributed by atoms with Crippen molar-refractivity contribution in [2.75, 3.05) is 0 Å². The summed E-state index contributed by atoms with van der Waals surface area (Å²) in [5, 5.41) is 2.91. The van der Waals surface area contributed by atoms with Gasteiger partial charge >= 0.3 is 0 Å². The minimum Gasteiger partial charge on any atom is -0.346 e. The molecule has 0 unspecified atom stereocenters. The van der Waals surface area contributed by atoms with E-state index in [-0.39, 0.29) is 17.8 Å². The Kier molecular flexibility index (Phi) is 4.51. The van der Waals surface area contributed by atoms with Gasteiger partial charge in [0.05, 0.1) is 6.04 Å². The molecule has 2 aromatic carbocycles. The van der Waals surface area contributed by atoms with Gasteiger partial charge in [-0.3, -0.25) is 4.79 Å². The summed E-state index contributed by atoms with van der Waals surface area (Å²) >= 11 is 0. The van der Waals surface area contributed by atoms with E-state index < -0.39 is 0 Å². The predicted octanol–water partition coefficient (Wildman–Crippen LogP) is 3.88. The lowest BCUT2D eigenvalue weighted by molar-refractivity contribution is 0.0940. The van der Waals surface area contributed by atoms with Gasteiger partial charge in [0.25, 0.3) is 5.91 Å². The maximum Gasteiger partial charge on any atom is 0.251 e. The van der Waals surface area contributed by atoms with Gasteiger partial charge < -0.3 is 5.32 Å². The molecule has 0 saturated heterocycles.